The summed E-state index contributed by atoms with van der Waals surface area (Å²) >= 11 is 1.66. The first-order valence-electron chi connectivity index (χ1n) is 9.63. The number of likely N-dealkylation sites (tertiary alicyclic amines) is 1. The number of aromatic nitrogens is 1. The van der Waals surface area contributed by atoms with Crippen LogP contribution in [0.1, 0.15) is 34.8 Å². The highest BCUT2D eigenvalue weighted by Crippen LogP contribution is 2.23. The second-order valence-corrected chi connectivity index (χ2v) is 8.23. The predicted octanol–water partition coefficient (Wildman–Crippen LogP) is 3.49. The van der Waals surface area contributed by atoms with E-state index < -0.39 is 0 Å². The van der Waals surface area contributed by atoms with E-state index in [1.54, 1.807) is 23.5 Å². The Morgan fingerprint density at radius 2 is 2.14 bits per heavy atom. The number of piperidine rings is 1. The third kappa shape index (κ3) is 4.42. The number of thiazole rings is 1. The van der Waals surface area contributed by atoms with E-state index >= 15 is 0 Å². The van der Waals surface area contributed by atoms with Crippen LogP contribution >= 0.6 is 11.3 Å². The van der Waals surface area contributed by atoms with Crippen molar-refractivity contribution in [3.8, 4) is 0 Å². The smallest absolute Gasteiger partial charge is 0.286 e. The van der Waals surface area contributed by atoms with Gasteiger partial charge in [-0.2, -0.15) is 0 Å². The largest absolute Gasteiger partial charge is 0.459 e. The van der Waals surface area contributed by atoms with E-state index in [0.717, 1.165) is 34.6 Å². The van der Waals surface area contributed by atoms with Crippen LogP contribution in [-0.4, -0.2) is 41.3 Å². The number of furan rings is 1. The second-order valence-electron chi connectivity index (χ2n) is 7.11. The second kappa shape index (κ2) is 8.56. The molecule has 1 N–H and O–H groups in total. The number of para-hydroxylation sites is 1. The van der Waals surface area contributed by atoms with Crippen LogP contribution < -0.4 is 5.32 Å². The van der Waals surface area contributed by atoms with Gasteiger partial charge in [-0.25, -0.2) is 4.98 Å². The van der Waals surface area contributed by atoms with Crippen molar-refractivity contribution in [2.45, 2.75) is 25.7 Å². The number of carbonyl (C=O) groups excluding carboxylic acids is 2. The molecular formula is C21H23N3O3S. The van der Waals surface area contributed by atoms with Gasteiger partial charge in [0.2, 0.25) is 5.91 Å². The number of nitrogens with one attached hydrogen (secondary N) is 1. The van der Waals surface area contributed by atoms with Crippen molar-refractivity contribution in [3.05, 3.63) is 53.4 Å². The maximum Gasteiger partial charge on any atom is 0.286 e. The van der Waals surface area contributed by atoms with E-state index in [2.05, 4.69) is 16.4 Å². The van der Waals surface area contributed by atoms with Gasteiger partial charge in [-0.1, -0.05) is 12.1 Å². The van der Waals surface area contributed by atoms with Gasteiger partial charge in [0.1, 0.15) is 0 Å². The molecule has 6 nitrogen and oxygen atoms in total. The van der Waals surface area contributed by atoms with E-state index in [0.29, 0.717) is 31.7 Å². The number of nitrogens with zero attached hydrogens (tertiary/aromatic N) is 2. The van der Waals surface area contributed by atoms with Crippen molar-refractivity contribution >= 4 is 33.4 Å². The maximum absolute atomic E-state index is 12.7. The van der Waals surface area contributed by atoms with Crippen LogP contribution in [-0.2, 0) is 11.2 Å². The summed E-state index contributed by atoms with van der Waals surface area (Å²) in [5.41, 5.74) is 1.00. The zero-order valence-electron chi connectivity index (χ0n) is 15.6. The minimum atomic E-state index is -0.204. The number of hydrogen-bond donors (Lipinski definition) is 1. The zero-order chi connectivity index (χ0) is 19.3. The van der Waals surface area contributed by atoms with Crippen LogP contribution in [0.5, 0.6) is 0 Å². The van der Waals surface area contributed by atoms with Crippen LogP contribution in [0.25, 0.3) is 10.2 Å². The average Bonchev–Trinajstić information content (AvgIpc) is 3.40. The van der Waals surface area contributed by atoms with Crippen molar-refractivity contribution in [2.24, 2.45) is 5.92 Å². The van der Waals surface area contributed by atoms with Gasteiger partial charge in [0.15, 0.2) is 5.76 Å². The minimum absolute atomic E-state index is 0.168. The molecule has 1 aromatic carbocycles. The van der Waals surface area contributed by atoms with Gasteiger partial charge in [0, 0.05) is 32.5 Å². The highest BCUT2D eigenvalue weighted by atomic mass is 32.1. The van der Waals surface area contributed by atoms with E-state index in [4.69, 9.17) is 4.42 Å². The van der Waals surface area contributed by atoms with Crippen molar-refractivity contribution in [2.75, 3.05) is 19.6 Å². The third-order valence-corrected chi connectivity index (χ3v) is 6.16. The van der Waals surface area contributed by atoms with Crippen molar-refractivity contribution in [1.82, 2.24) is 15.2 Å². The normalized spacial score (nSPS) is 17.0. The Balaban J connectivity index is 1.26. The van der Waals surface area contributed by atoms with Crippen molar-refractivity contribution < 1.29 is 14.0 Å². The van der Waals surface area contributed by atoms with E-state index in [9.17, 15) is 9.59 Å². The molecule has 146 valence electrons. The first-order valence-corrected chi connectivity index (χ1v) is 10.4. The Labute approximate surface area is 167 Å². The fourth-order valence-electron chi connectivity index (χ4n) is 3.59. The summed E-state index contributed by atoms with van der Waals surface area (Å²) in [6.07, 6.45) is 4.62. The summed E-state index contributed by atoms with van der Waals surface area (Å²) in [6, 6.07) is 11.4. The van der Waals surface area contributed by atoms with Crippen LogP contribution in [0, 0.1) is 5.92 Å². The van der Waals surface area contributed by atoms with Gasteiger partial charge < -0.3 is 14.6 Å². The van der Waals surface area contributed by atoms with E-state index in [1.165, 1.54) is 6.26 Å². The lowest BCUT2D eigenvalue weighted by Crippen LogP contribution is -2.43. The highest BCUT2D eigenvalue weighted by Gasteiger charge is 2.24. The lowest BCUT2D eigenvalue weighted by atomic mass is 9.97. The first-order chi connectivity index (χ1) is 13.7. The topological polar surface area (TPSA) is 75.4 Å². The minimum Gasteiger partial charge on any atom is -0.459 e. The van der Waals surface area contributed by atoms with Gasteiger partial charge >= 0.3 is 0 Å². The van der Waals surface area contributed by atoms with Gasteiger partial charge in [-0.05, 0) is 43.0 Å². The van der Waals surface area contributed by atoms with E-state index in [-0.39, 0.29) is 17.7 Å². The van der Waals surface area contributed by atoms with Gasteiger partial charge in [0.25, 0.3) is 5.91 Å². The molecule has 1 saturated heterocycles. The molecule has 1 aliphatic heterocycles. The number of rotatable bonds is 6. The average molecular weight is 398 g/mol. The van der Waals surface area contributed by atoms with Gasteiger partial charge in [-0.15, -0.1) is 11.3 Å². The molecule has 28 heavy (non-hydrogen) atoms. The predicted molar refractivity (Wildman–Crippen MR) is 108 cm³/mol. The summed E-state index contributed by atoms with van der Waals surface area (Å²) < 4.78 is 6.27. The molecule has 1 aliphatic rings. The summed E-state index contributed by atoms with van der Waals surface area (Å²) in [7, 11) is 0. The van der Waals surface area contributed by atoms with Gasteiger partial charge in [0.05, 0.1) is 21.5 Å². The number of benzene rings is 1. The number of fused-ring (bicyclic) bond motifs is 1. The number of amides is 2. The molecular weight excluding hydrogens is 374 g/mol. The molecule has 1 unspecified atom stereocenters. The van der Waals surface area contributed by atoms with Crippen molar-refractivity contribution in [1.29, 1.82) is 0 Å². The molecule has 3 heterocycles. The molecule has 0 bridgehead atoms. The standard InChI is InChI=1S/C21H23N3O3S/c25-20(10-9-19-23-16-6-1-2-8-18(16)28-19)24-11-3-5-15(14-24)13-22-21(26)17-7-4-12-27-17/h1-2,4,6-8,12,15H,3,5,9-11,13-14H2,(H,22,26). The summed E-state index contributed by atoms with van der Waals surface area (Å²) in [5.74, 6) is 0.559. The quantitative estimate of drug-likeness (QED) is 0.691. The molecule has 0 saturated carbocycles. The molecule has 2 amide bonds. The number of carbonyl (C=O) groups is 2. The van der Waals surface area contributed by atoms with Crippen LogP contribution in [0.2, 0.25) is 0 Å². The van der Waals surface area contributed by atoms with E-state index in [1.807, 2.05) is 23.1 Å². The molecule has 3 aromatic rings. The molecule has 1 fully saturated rings. The molecule has 2 aromatic heterocycles. The lowest BCUT2D eigenvalue weighted by molar-refractivity contribution is -0.132. The molecule has 0 radical (unpaired) electrons. The summed E-state index contributed by atoms with van der Waals surface area (Å²) in [4.78, 5) is 31.2. The Bertz CT molecular complexity index is 918. The monoisotopic (exact) mass is 397 g/mol. The third-order valence-electron chi connectivity index (χ3n) is 5.06. The molecule has 7 heteroatoms. The summed E-state index contributed by atoms with van der Waals surface area (Å²) in [5, 5.41) is 3.92. The zero-order valence-corrected chi connectivity index (χ0v) is 16.4. The van der Waals surface area contributed by atoms with Crippen LogP contribution in [0.3, 0.4) is 0 Å². The molecule has 1 atom stereocenters. The van der Waals surface area contributed by atoms with Crippen LogP contribution in [0.15, 0.2) is 47.1 Å². The Kier molecular flexibility index (Phi) is 5.71. The lowest BCUT2D eigenvalue weighted by Gasteiger charge is -2.33. The first kappa shape index (κ1) is 18.7. The maximum atomic E-state index is 12.7. The molecule has 0 aliphatic carbocycles. The fourth-order valence-corrected chi connectivity index (χ4v) is 4.56. The highest BCUT2D eigenvalue weighted by molar-refractivity contribution is 7.18. The Morgan fingerprint density at radius 3 is 2.96 bits per heavy atom. The van der Waals surface area contributed by atoms with Crippen molar-refractivity contribution in [3.63, 3.8) is 0 Å². The Hall–Kier alpha value is -2.67. The fraction of sp³-hybridized carbons (Fsp3) is 0.381. The van der Waals surface area contributed by atoms with Crippen LogP contribution in [0.4, 0.5) is 0 Å². The SMILES string of the molecule is O=C(NCC1CCCN(C(=O)CCc2nc3ccccc3s2)C1)c1ccco1. The molecule has 4 rings (SSSR count). The van der Waals surface area contributed by atoms with Gasteiger partial charge in [-0.3, -0.25) is 9.59 Å². The number of hydrogen-bond acceptors (Lipinski definition) is 5. The Morgan fingerprint density at radius 1 is 1.25 bits per heavy atom. The summed E-state index contributed by atoms with van der Waals surface area (Å²) in [6.45, 7) is 2.04. The molecule has 0 spiro atoms. The number of aryl methyl sites for hydroxylation is 1.